The molecule has 0 aliphatic heterocycles. The lowest BCUT2D eigenvalue weighted by molar-refractivity contribution is -0.123. The van der Waals surface area contributed by atoms with E-state index in [2.05, 4.69) is 10.6 Å². The Morgan fingerprint density at radius 3 is 2.50 bits per heavy atom. The predicted molar refractivity (Wildman–Crippen MR) is 104 cm³/mol. The third kappa shape index (κ3) is 4.97. The van der Waals surface area contributed by atoms with Gasteiger partial charge in [0.25, 0.3) is 11.8 Å². The van der Waals surface area contributed by atoms with Crippen LogP contribution in [0.5, 0.6) is 5.75 Å². The van der Waals surface area contributed by atoms with Crippen LogP contribution >= 0.6 is 0 Å². The molecule has 0 unspecified atom stereocenters. The molecule has 144 valence electrons. The Balaban J connectivity index is 1.50. The first kappa shape index (κ1) is 19.2. The van der Waals surface area contributed by atoms with Crippen molar-refractivity contribution in [2.75, 3.05) is 13.2 Å². The van der Waals surface area contributed by atoms with E-state index in [0.29, 0.717) is 30.0 Å². The molecule has 0 atom stereocenters. The fourth-order valence-corrected chi connectivity index (χ4v) is 2.57. The molecule has 7 nitrogen and oxygen atoms in total. The zero-order chi connectivity index (χ0) is 19.9. The SMILES string of the molecule is CCNC(=O)c1ccc(CNC(=O)COc2ccc3ccc(=O)oc3c2)cc1. The Morgan fingerprint density at radius 1 is 1.00 bits per heavy atom. The van der Waals surface area contributed by atoms with Gasteiger partial charge in [0.2, 0.25) is 0 Å². The van der Waals surface area contributed by atoms with Crippen molar-refractivity contribution in [3.05, 3.63) is 76.1 Å². The summed E-state index contributed by atoms with van der Waals surface area (Å²) in [4.78, 5) is 35.0. The van der Waals surface area contributed by atoms with Crippen molar-refractivity contribution in [3.8, 4) is 5.75 Å². The molecule has 2 aromatic carbocycles. The number of hydrogen-bond donors (Lipinski definition) is 2. The van der Waals surface area contributed by atoms with Gasteiger partial charge in [-0.05, 0) is 42.8 Å². The number of fused-ring (bicyclic) bond motifs is 1. The van der Waals surface area contributed by atoms with Crippen LogP contribution in [0.3, 0.4) is 0 Å². The Morgan fingerprint density at radius 2 is 1.75 bits per heavy atom. The van der Waals surface area contributed by atoms with Crippen molar-refractivity contribution in [3.63, 3.8) is 0 Å². The van der Waals surface area contributed by atoms with Crippen LogP contribution < -0.4 is 21.0 Å². The van der Waals surface area contributed by atoms with Gasteiger partial charge in [-0.1, -0.05) is 12.1 Å². The maximum atomic E-state index is 12.0. The normalized spacial score (nSPS) is 10.5. The third-order valence-corrected chi connectivity index (χ3v) is 4.01. The van der Waals surface area contributed by atoms with Crippen LogP contribution in [-0.2, 0) is 11.3 Å². The Bertz CT molecular complexity index is 1040. The Kier molecular flexibility index (Phi) is 6.06. The summed E-state index contributed by atoms with van der Waals surface area (Å²) in [7, 11) is 0. The summed E-state index contributed by atoms with van der Waals surface area (Å²) in [5.74, 6) is 0.0170. The van der Waals surface area contributed by atoms with Gasteiger partial charge in [-0.2, -0.15) is 0 Å². The molecular weight excluding hydrogens is 360 g/mol. The topological polar surface area (TPSA) is 97.6 Å². The second kappa shape index (κ2) is 8.85. The summed E-state index contributed by atoms with van der Waals surface area (Å²) in [6.07, 6.45) is 0. The van der Waals surface area contributed by atoms with Gasteiger partial charge in [0.1, 0.15) is 11.3 Å². The van der Waals surface area contributed by atoms with Crippen molar-refractivity contribution < 1.29 is 18.7 Å². The quantitative estimate of drug-likeness (QED) is 0.613. The maximum absolute atomic E-state index is 12.0. The summed E-state index contributed by atoms with van der Waals surface area (Å²) >= 11 is 0. The highest BCUT2D eigenvalue weighted by molar-refractivity contribution is 5.94. The van der Waals surface area contributed by atoms with E-state index >= 15 is 0 Å². The van der Waals surface area contributed by atoms with Gasteiger partial charge in [-0.25, -0.2) is 4.79 Å². The Hall–Kier alpha value is -3.61. The minimum absolute atomic E-state index is 0.127. The maximum Gasteiger partial charge on any atom is 0.336 e. The molecule has 0 spiro atoms. The van der Waals surface area contributed by atoms with E-state index in [-0.39, 0.29) is 18.4 Å². The number of ether oxygens (including phenoxy) is 1. The van der Waals surface area contributed by atoms with E-state index in [4.69, 9.17) is 9.15 Å². The number of amides is 2. The van der Waals surface area contributed by atoms with E-state index in [1.165, 1.54) is 6.07 Å². The van der Waals surface area contributed by atoms with Crippen molar-refractivity contribution in [2.24, 2.45) is 0 Å². The smallest absolute Gasteiger partial charge is 0.336 e. The molecule has 0 aliphatic rings. The predicted octanol–water partition coefficient (Wildman–Crippen LogP) is 2.24. The first-order valence-electron chi connectivity index (χ1n) is 8.85. The van der Waals surface area contributed by atoms with Crippen LogP contribution in [0.2, 0.25) is 0 Å². The van der Waals surface area contributed by atoms with Crippen molar-refractivity contribution in [2.45, 2.75) is 13.5 Å². The van der Waals surface area contributed by atoms with Crippen LogP contribution in [0.15, 0.2) is 63.8 Å². The second-order valence-electron chi connectivity index (χ2n) is 6.08. The molecule has 0 aliphatic carbocycles. The fourth-order valence-electron chi connectivity index (χ4n) is 2.57. The van der Waals surface area contributed by atoms with Crippen molar-refractivity contribution in [1.29, 1.82) is 0 Å². The van der Waals surface area contributed by atoms with E-state index in [1.54, 1.807) is 48.5 Å². The molecule has 0 fully saturated rings. The van der Waals surface area contributed by atoms with Crippen LogP contribution in [0.25, 0.3) is 11.0 Å². The van der Waals surface area contributed by atoms with Gasteiger partial charge in [-0.3, -0.25) is 9.59 Å². The van der Waals surface area contributed by atoms with Crippen LogP contribution in [0, 0.1) is 0 Å². The number of rotatable bonds is 7. The molecule has 2 N–H and O–H groups in total. The average Bonchev–Trinajstić information content (AvgIpc) is 2.71. The van der Waals surface area contributed by atoms with Gasteiger partial charge in [0.15, 0.2) is 6.61 Å². The van der Waals surface area contributed by atoms with Gasteiger partial charge in [0, 0.05) is 36.2 Å². The monoisotopic (exact) mass is 380 g/mol. The lowest BCUT2D eigenvalue weighted by Crippen LogP contribution is -2.28. The lowest BCUT2D eigenvalue weighted by Gasteiger charge is -2.09. The Labute approximate surface area is 161 Å². The number of nitrogens with one attached hydrogen (secondary N) is 2. The number of hydrogen-bond acceptors (Lipinski definition) is 5. The largest absolute Gasteiger partial charge is 0.484 e. The fraction of sp³-hybridized carbons (Fsp3) is 0.190. The molecule has 28 heavy (non-hydrogen) atoms. The van der Waals surface area contributed by atoms with E-state index in [9.17, 15) is 14.4 Å². The van der Waals surface area contributed by atoms with Gasteiger partial charge in [0.05, 0.1) is 0 Å². The van der Waals surface area contributed by atoms with Crippen molar-refractivity contribution >= 4 is 22.8 Å². The molecule has 3 aromatic rings. The highest BCUT2D eigenvalue weighted by Gasteiger charge is 2.07. The van der Waals surface area contributed by atoms with E-state index < -0.39 is 5.63 Å². The molecule has 1 heterocycles. The first-order chi connectivity index (χ1) is 13.5. The van der Waals surface area contributed by atoms with Crippen molar-refractivity contribution in [1.82, 2.24) is 10.6 Å². The summed E-state index contributed by atoms with van der Waals surface area (Å²) in [6, 6.07) is 15.0. The third-order valence-electron chi connectivity index (χ3n) is 4.01. The lowest BCUT2D eigenvalue weighted by atomic mass is 10.1. The van der Waals surface area contributed by atoms with Gasteiger partial charge >= 0.3 is 5.63 Å². The zero-order valence-electron chi connectivity index (χ0n) is 15.4. The molecule has 1 aromatic heterocycles. The van der Waals surface area contributed by atoms with E-state index in [0.717, 1.165) is 10.9 Å². The van der Waals surface area contributed by atoms with Crippen LogP contribution in [-0.4, -0.2) is 25.0 Å². The first-order valence-corrected chi connectivity index (χ1v) is 8.85. The molecule has 2 amide bonds. The highest BCUT2D eigenvalue weighted by atomic mass is 16.5. The van der Waals surface area contributed by atoms with Gasteiger partial charge in [-0.15, -0.1) is 0 Å². The number of benzene rings is 2. The standard InChI is InChI=1S/C21H20N2O5/c1-2-22-21(26)16-5-3-14(4-6-16)12-23-19(24)13-27-17-9-7-15-8-10-20(25)28-18(15)11-17/h3-11H,2,12-13H2,1H3,(H,22,26)(H,23,24). The summed E-state index contributed by atoms with van der Waals surface area (Å²) in [5, 5.41) is 6.25. The number of carbonyl (C=O) groups excluding carboxylic acids is 2. The van der Waals surface area contributed by atoms with Crippen LogP contribution in [0.1, 0.15) is 22.8 Å². The summed E-state index contributed by atoms with van der Waals surface area (Å²) in [6.45, 7) is 2.58. The molecule has 3 rings (SSSR count). The van der Waals surface area contributed by atoms with E-state index in [1.807, 2.05) is 6.92 Å². The molecule has 0 bridgehead atoms. The van der Waals surface area contributed by atoms with Crippen LogP contribution in [0.4, 0.5) is 0 Å². The molecule has 0 saturated carbocycles. The highest BCUT2D eigenvalue weighted by Crippen LogP contribution is 2.19. The minimum Gasteiger partial charge on any atom is -0.484 e. The summed E-state index contributed by atoms with van der Waals surface area (Å²) < 4.78 is 10.5. The molecule has 7 heteroatoms. The molecular formula is C21H20N2O5. The number of carbonyl (C=O) groups is 2. The molecule has 0 saturated heterocycles. The molecule has 0 radical (unpaired) electrons. The second-order valence-corrected chi connectivity index (χ2v) is 6.08. The van der Waals surface area contributed by atoms with Gasteiger partial charge < -0.3 is 19.8 Å². The summed E-state index contributed by atoms with van der Waals surface area (Å²) in [5.41, 5.74) is 1.40. The average molecular weight is 380 g/mol. The minimum atomic E-state index is -0.444. The zero-order valence-corrected chi connectivity index (χ0v) is 15.4.